The van der Waals surface area contributed by atoms with Crippen molar-refractivity contribution in [2.24, 2.45) is 0 Å². The molecule has 0 heterocycles. The van der Waals surface area contributed by atoms with Gasteiger partial charge in [-0.2, -0.15) is 0 Å². The number of urea groups is 1. The number of anilines is 2. The van der Waals surface area contributed by atoms with Crippen molar-refractivity contribution in [1.29, 1.82) is 0 Å². The Hall–Kier alpha value is -1.75. The first kappa shape index (κ1) is 17.6. The Bertz CT molecular complexity index is 535. The molecule has 1 saturated carbocycles. The number of hydrogen-bond donors (Lipinski definition) is 3. The molecule has 0 radical (unpaired) electrons. The molecule has 1 aliphatic rings. The van der Waals surface area contributed by atoms with Gasteiger partial charge in [0.05, 0.1) is 5.60 Å². The molecule has 0 spiro atoms. The van der Waals surface area contributed by atoms with E-state index in [1.165, 1.54) is 12.8 Å². The molecular weight excluding hydrogens is 290 g/mol. The molecule has 128 valence electrons. The molecule has 5 nitrogen and oxygen atoms in total. The van der Waals surface area contributed by atoms with Gasteiger partial charge in [-0.25, -0.2) is 4.79 Å². The van der Waals surface area contributed by atoms with Crippen molar-refractivity contribution < 1.29 is 9.90 Å². The minimum absolute atomic E-state index is 0.264. The zero-order valence-electron chi connectivity index (χ0n) is 14.5. The number of rotatable bonds is 4. The second-order valence-electron chi connectivity index (χ2n) is 6.84. The standard InChI is InChI=1S/C18H29N3O2/c1-14-12-15(8-9-16(14)21(2)3)20-17(22)19-13-18(23)10-6-4-5-7-11-18/h8-9,12,23H,4-7,10-11,13H2,1-3H3,(H2,19,20,22). The number of carbonyl (C=O) groups is 1. The molecule has 1 aromatic carbocycles. The maximum absolute atomic E-state index is 12.1. The molecule has 3 N–H and O–H groups in total. The number of nitrogens with one attached hydrogen (secondary N) is 2. The van der Waals surface area contributed by atoms with Crippen LogP contribution in [0.3, 0.4) is 0 Å². The van der Waals surface area contributed by atoms with E-state index in [0.29, 0.717) is 6.54 Å². The van der Waals surface area contributed by atoms with Gasteiger partial charge in [0.25, 0.3) is 0 Å². The number of hydrogen-bond acceptors (Lipinski definition) is 3. The largest absolute Gasteiger partial charge is 0.388 e. The van der Waals surface area contributed by atoms with Crippen LogP contribution in [-0.2, 0) is 0 Å². The maximum atomic E-state index is 12.1. The monoisotopic (exact) mass is 319 g/mol. The van der Waals surface area contributed by atoms with Crippen LogP contribution in [0.4, 0.5) is 16.2 Å². The maximum Gasteiger partial charge on any atom is 0.319 e. The van der Waals surface area contributed by atoms with E-state index in [2.05, 4.69) is 10.6 Å². The first-order valence-electron chi connectivity index (χ1n) is 8.45. The summed E-state index contributed by atoms with van der Waals surface area (Å²) in [7, 11) is 3.99. The quantitative estimate of drug-likeness (QED) is 0.746. The van der Waals surface area contributed by atoms with Gasteiger partial charge in [0.15, 0.2) is 0 Å². The third-order valence-electron chi connectivity index (χ3n) is 4.55. The Morgan fingerprint density at radius 3 is 2.43 bits per heavy atom. The first-order valence-corrected chi connectivity index (χ1v) is 8.45. The molecule has 2 amide bonds. The summed E-state index contributed by atoms with van der Waals surface area (Å²) in [5, 5.41) is 16.2. The molecule has 1 aromatic rings. The van der Waals surface area contributed by atoms with Gasteiger partial charge in [-0.1, -0.05) is 25.7 Å². The van der Waals surface area contributed by atoms with E-state index in [1.807, 2.05) is 44.1 Å². The summed E-state index contributed by atoms with van der Waals surface area (Å²) in [4.78, 5) is 14.1. The van der Waals surface area contributed by atoms with Crippen molar-refractivity contribution in [3.8, 4) is 0 Å². The summed E-state index contributed by atoms with van der Waals surface area (Å²) in [6.07, 6.45) is 5.95. The van der Waals surface area contributed by atoms with Crippen LogP contribution in [0.1, 0.15) is 44.1 Å². The van der Waals surface area contributed by atoms with Crippen molar-refractivity contribution >= 4 is 17.4 Å². The van der Waals surface area contributed by atoms with Crippen LogP contribution in [0.5, 0.6) is 0 Å². The summed E-state index contributed by atoms with van der Waals surface area (Å²) in [5.74, 6) is 0. The Morgan fingerprint density at radius 1 is 1.22 bits per heavy atom. The van der Waals surface area contributed by atoms with Crippen molar-refractivity contribution in [3.63, 3.8) is 0 Å². The highest BCUT2D eigenvalue weighted by molar-refractivity contribution is 5.89. The van der Waals surface area contributed by atoms with Crippen LogP contribution >= 0.6 is 0 Å². The fraction of sp³-hybridized carbons (Fsp3) is 0.611. The van der Waals surface area contributed by atoms with Crippen molar-refractivity contribution in [1.82, 2.24) is 5.32 Å². The zero-order chi connectivity index (χ0) is 16.9. The number of nitrogens with zero attached hydrogens (tertiary/aromatic N) is 1. The van der Waals surface area contributed by atoms with Gasteiger partial charge in [0.1, 0.15) is 0 Å². The molecule has 0 bridgehead atoms. The van der Waals surface area contributed by atoms with Gasteiger partial charge in [-0.15, -0.1) is 0 Å². The predicted octanol–water partition coefficient (Wildman–Crippen LogP) is 3.27. The fourth-order valence-corrected chi connectivity index (χ4v) is 3.22. The lowest BCUT2D eigenvalue weighted by atomic mass is 9.95. The molecule has 0 saturated heterocycles. The molecule has 5 heteroatoms. The van der Waals surface area contributed by atoms with Gasteiger partial charge < -0.3 is 20.6 Å². The number of benzene rings is 1. The minimum atomic E-state index is -0.751. The first-order chi connectivity index (χ1) is 10.9. The van der Waals surface area contributed by atoms with Gasteiger partial charge in [-0.3, -0.25) is 0 Å². The second kappa shape index (κ2) is 7.68. The zero-order valence-corrected chi connectivity index (χ0v) is 14.5. The number of aryl methyl sites for hydroxylation is 1. The van der Waals surface area contributed by atoms with E-state index in [-0.39, 0.29) is 6.03 Å². The summed E-state index contributed by atoms with van der Waals surface area (Å²) >= 11 is 0. The summed E-state index contributed by atoms with van der Waals surface area (Å²) in [6.45, 7) is 2.33. The second-order valence-corrected chi connectivity index (χ2v) is 6.84. The molecule has 1 aliphatic carbocycles. The average molecular weight is 319 g/mol. The third kappa shape index (κ3) is 5.13. The lowest BCUT2D eigenvalue weighted by Crippen LogP contribution is -2.44. The fourth-order valence-electron chi connectivity index (χ4n) is 3.22. The Labute approximate surface area is 139 Å². The number of carbonyl (C=O) groups excluding carboxylic acids is 1. The Balaban J connectivity index is 1.88. The highest BCUT2D eigenvalue weighted by atomic mass is 16.3. The van der Waals surface area contributed by atoms with Crippen LogP contribution in [0.2, 0.25) is 0 Å². The summed E-state index contributed by atoms with van der Waals surface area (Å²) in [6, 6.07) is 5.57. The van der Waals surface area contributed by atoms with Crippen LogP contribution in [0, 0.1) is 6.92 Å². The van der Waals surface area contributed by atoms with Crippen molar-refractivity contribution in [2.75, 3.05) is 30.9 Å². The molecular formula is C18H29N3O2. The number of aliphatic hydroxyl groups is 1. The van der Waals surface area contributed by atoms with Crippen LogP contribution in [0.15, 0.2) is 18.2 Å². The summed E-state index contributed by atoms with van der Waals surface area (Å²) in [5.41, 5.74) is 2.25. The predicted molar refractivity (Wildman–Crippen MR) is 95.2 cm³/mol. The van der Waals surface area contributed by atoms with E-state index in [1.54, 1.807) is 0 Å². The van der Waals surface area contributed by atoms with Crippen molar-refractivity contribution in [2.45, 2.75) is 51.0 Å². The topological polar surface area (TPSA) is 64.6 Å². The van der Waals surface area contributed by atoms with Crippen molar-refractivity contribution in [3.05, 3.63) is 23.8 Å². The van der Waals surface area contributed by atoms with E-state index < -0.39 is 5.60 Å². The number of amides is 2. The molecule has 0 aliphatic heterocycles. The molecule has 0 unspecified atom stereocenters. The van der Waals surface area contributed by atoms with E-state index in [4.69, 9.17) is 0 Å². The van der Waals surface area contributed by atoms with Gasteiger partial charge >= 0.3 is 6.03 Å². The normalized spacial score (nSPS) is 17.2. The van der Waals surface area contributed by atoms with Gasteiger partial charge in [0, 0.05) is 32.0 Å². The van der Waals surface area contributed by atoms with E-state index >= 15 is 0 Å². The lowest BCUT2D eigenvalue weighted by Gasteiger charge is -2.26. The lowest BCUT2D eigenvalue weighted by molar-refractivity contribution is 0.0281. The summed E-state index contributed by atoms with van der Waals surface area (Å²) < 4.78 is 0. The molecule has 0 aromatic heterocycles. The molecule has 0 atom stereocenters. The molecule has 23 heavy (non-hydrogen) atoms. The minimum Gasteiger partial charge on any atom is -0.388 e. The highest BCUT2D eigenvalue weighted by Crippen LogP contribution is 2.26. The Morgan fingerprint density at radius 2 is 1.87 bits per heavy atom. The third-order valence-corrected chi connectivity index (χ3v) is 4.55. The molecule has 2 rings (SSSR count). The van der Waals surface area contributed by atoms with Gasteiger partial charge in [0.2, 0.25) is 0 Å². The van der Waals surface area contributed by atoms with Crippen LogP contribution < -0.4 is 15.5 Å². The van der Waals surface area contributed by atoms with Crippen LogP contribution in [0.25, 0.3) is 0 Å². The van der Waals surface area contributed by atoms with Crippen LogP contribution in [-0.4, -0.2) is 37.4 Å². The smallest absolute Gasteiger partial charge is 0.319 e. The highest BCUT2D eigenvalue weighted by Gasteiger charge is 2.28. The van der Waals surface area contributed by atoms with E-state index in [0.717, 1.165) is 42.6 Å². The molecule has 1 fully saturated rings. The average Bonchev–Trinajstić information content (AvgIpc) is 2.70. The van der Waals surface area contributed by atoms with E-state index in [9.17, 15) is 9.90 Å². The Kier molecular flexibility index (Phi) is 5.88. The SMILES string of the molecule is Cc1cc(NC(=O)NCC2(O)CCCCCC2)ccc1N(C)C. The van der Waals surface area contributed by atoms with Gasteiger partial charge in [-0.05, 0) is 43.5 Å².